The molecule has 0 saturated heterocycles. The molecule has 0 aliphatic rings. The van der Waals surface area contributed by atoms with Crippen LogP contribution in [0.25, 0.3) is 0 Å². The Balaban J connectivity index is 4.33. The highest BCUT2D eigenvalue weighted by atomic mass is 16.6. The molecule has 0 aromatic heterocycles. The van der Waals surface area contributed by atoms with Crippen molar-refractivity contribution >= 4 is 11.9 Å². The van der Waals surface area contributed by atoms with Crippen molar-refractivity contribution in [3.05, 3.63) is 0 Å². The van der Waals surface area contributed by atoms with Gasteiger partial charge >= 0.3 is 6.09 Å². The molecule has 0 heterocycles. The van der Waals surface area contributed by atoms with E-state index in [0.29, 0.717) is 6.42 Å². The number of oxime groups is 1. The van der Waals surface area contributed by atoms with Gasteiger partial charge in [0.2, 0.25) is 0 Å². The zero-order valence-corrected chi connectivity index (χ0v) is 10.5. The number of nitrogens with two attached hydrogens (primary N) is 1. The van der Waals surface area contributed by atoms with Crippen LogP contribution in [0.15, 0.2) is 5.16 Å². The van der Waals surface area contributed by atoms with Crippen LogP contribution in [-0.4, -0.2) is 40.7 Å². The largest absolute Gasteiger partial charge is 0.444 e. The second kappa shape index (κ2) is 5.58. The van der Waals surface area contributed by atoms with Crippen LogP contribution in [0.2, 0.25) is 0 Å². The van der Waals surface area contributed by atoms with Crippen molar-refractivity contribution in [1.29, 1.82) is 0 Å². The van der Waals surface area contributed by atoms with Crippen LogP contribution < -0.4 is 5.73 Å². The van der Waals surface area contributed by atoms with Crippen molar-refractivity contribution in [3.63, 3.8) is 0 Å². The lowest BCUT2D eigenvalue weighted by molar-refractivity contribution is 0.0240. The van der Waals surface area contributed by atoms with Gasteiger partial charge in [0.25, 0.3) is 0 Å². The summed E-state index contributed by atoms with van der Waals surface area (Å²) in [7, 11) is 1.61. The third-order valence-electron chi connectivity index (χ3n) is 1.98. The summed E-state index contributed by atoms with van der Waals surface area (Å²) in [6.07, 6.45) is -0.127. The Hall–Kier alpha value is -1.46. The Bertz CT molecular complexity index is 271. The smallest absolute Gasteiger partial charge is 0.410 e. The average Bonchev–Trinajstić information content (AvgIpc) is 2.13. The van der Waals surface area contributed by atoms with Crippen molar-refractivity contribution in [2.45, 2.75) is 45.8 Å². The van der Waals surface area contributed by atoms with E-state index in [0.717, 1.165) is 0 Å². The monoisotopic (exact) mass is 231 g/mol. The van der Waals surface area contributed by atoms with Crippen LogP contribution in [0.5, 0.6) is 0 Å². The molecule has 3 N–H and O–H groups in total. The number of amides is 1. The van der Waals surface area contributed by atoms with Gasteiger partial charge in [-0.15, -0.1) is 0 Å². The highest BCUT2D eigenvalue weighted by Crippen LogP contribution is 2.11. The first kappa shape index (κ1) is 14.5. The molecule has 6 nitrogen and oxygen atoms in total. The number of ether oxygens (including phenoxy) is 1. The second-order valence-corrected chi connectivity index (χ2v) is 4.74. The molecular formula is C10H21N3O3. The highest BCUT2D eigenvalue weighted by Gasteiger charge is 2.23. The van der Waals surface area contributed by atoms with Crippen LogP contribution in [0, 0.1) is 0 Å². The van der Waals surface area contributed by atoms with Crippen molar-refractivity contribution in [3.8, 4) is 0 Å². The molecule has 0 aliphatic carbocycles. The van der Waals surface area contributed by atoms with Crippen molar-refractivity contribution in [2.24, 2.45) is 10.9 Å². The molecule has 0 rings (SSSR count). The molecule has 0 unspecified atom stereocenters. The van der Waals surface area contributed by atoms with Crippen LogP contribution in [0.3, 0.4) is 0 Å². The quantitative estimate of drug-likeness (QED) is 0.332. The van der Waals surface area contributed by atoms with Gasteiger partial charge in [0, 0.05) is 19.5 Å². The minimum absolute atomic E-state index is 0.0860. The van der Waals surface area contributed by atoms with Gasteiger partial charge in [-0.05, 0) is 27.7 Å². The van der Waals surface area contributed by atoms with Gasteiger partial charge < -0.3 is 20.6 Å². The van der Waals surface area contributed by atoms with Crippen LogP contribution in [0.4, 0.5) is 4.79 Å². The molecule has 0 bridgehead atoms. The first-order valence-corrected chi connectivity index (χ1v) is 5.09. The third kappa shape index (κ3) is 5.43. The Morgan fingerprint density at radius 3 is 2.44 bits per heavy atom. The molecule has 0 radical (unpaired) electrons. The minimum Gasteiger partial charge on any atom is -0.444 e. The maximum absolute atomic E-state index is 11.6. The molecule has 0 aromatic rings. The van der Waals surface area contributed by atoms with E-state index in [1.807, 2.05) is 0 Å². The summed E-state index contributed by atoms with van der Waals surface area (Å²) in [5, 5.41) is 11.3. The predicted octanol–water partition coefficient (Wildman–Crippen LogP) is 1.38. The number of nitrogens with zero attached hydrogens (tertiary/aromatic N) is 2. The Morgan fingerprint density at radius 1 is 1.56 bits per heavy atom. The van der Waals surface area contributed by atoms with Crippen molar-refractivity contribution in [2.75, 3.05) is 7.05 Å². The van der Waals surface area contributed by atoms with E-state index in [2.05, 4.69) is 5.16 Å². The van der Waals surface area contributed by atoms with E-state index in [-0.39, 0.29) is 11.9 Å². The van der Waals surface area contributed by atoms with Crippen LogP contribution >= 0.6 is 0 Å². The summed E-state index contributed by atoms with van der Waals surface area (Å²) in [6, 6.07) is -0.189. The van der Waals surface area contributed by atoms with E-state index in [1.165, 1.54) is 4.90 Å². The molecule has 94 valence electrons. The lowest BCUT2D eigenvalue weighted by atomic mass is 10.2. The maximum Gasteiger partial charge on any atom is 0.410 e. The molecule has 1 amide bonds. The molecule has 0 fully saturated rings. The van der Waals surface area contributed by atoms with Crippen molar-refractivity contribution < 1.29 is 14.7 Å². The molecule has 6 heteroatoms. The highest BCUT2D eigenvalue weighted by molar-refractivity contribution is 5.80. The van der Waals surface area contributed by atoms with Crippen LogP contribution in [-0.2, 0) is 4.74 Å². The average molecular weight is 231 g/mol. The summed E-state index contributed by atoms with van der Waals surface area (Å²) in [6.45, 7) is 7.19. The van der Waals surface area contributed by atoms with Gasteiger partial charge in [0.1, 0.15) is 11.4 Å². The number of carbonyl (C=O) groups is 1. The zero-order valence-electron chi connectivity index (χ0n) is 10.5. The van der Waals surface area contributed by atoms with E-state index >= 15 is 0 Å². The molecule has 0 saturated carbocycles. The van der Waals surface area contributed by atoms with Gasteiger partial charge in [-0.3, -0.25) is 0 Å². The summed E-state index contributed by atoms with van der Waals surface area (Å²) < 4.78 is 5.18. The lowest BCUT2D eigenvalue weighted by Crippen LogP contribution is -2.41. The van der Waals surface area contributed by atoms with Crippen LogP contribution in [0.1, 0.15) is 34.1 Å². The lowest BCUT2D eigenvalue weighted by Gasteiger charge is -2.28. The number of hydrogen-bond acceptors (Lipinski definition) is 4. The summed E-state index contributed by atoms with van der Waals surface area (Å²) >= 11 is 0. The first-order valence-electron chi connectivity index (χ1n) is 5.09. The fourth-order valence-electron chi connectivity index (χ4n) is 0.994. The van der Waals surface area contributed by atoms with Gasteiger partial charge in [-0.1, -0.05) is 5.16 Å². The zero-order chi connectivity index (χ0) is 12.9. The first-order chi connectivity index (χ1) is 7.17. The molecule has 16 heavy (non-hydrogen) atoms. The Morgan fingerprint density at radius 2 is 2.06 bits per heavy atom. The van der Waals surface area contributed by atoms with E-state index in [1.54, 1.807) is 34.7 Å². The second-order valence-electron chi connectivity index (χ2n) is 4.74. The maximum atomic E-state index is 11.6. The molecule has 0 spiro atoms. The normalized spacial score (nSPS) is 14.4. The van der Waals surface area contributed by atoms with E-state index in [4.69, 9.17) is 15.7 Å². The molecular weight excluding hydrogens is 210 g/mol. The fraction of sp³-hybridized carbons (Fsp3) is 0.800. The summed E-state index contributed by atoms with van der Waals surface area (Å²) in [5.74, 6) is 0.0860. The molecule has 1 atom stereocenters. The SMILES string of the molecule is C[C@H](C/C(N)=N/O)N(C)C(=O)OC(C)(C)C. The number of amidine groups is 1. The fourth-order valence-corrected chi connectivity index (χ4v) is 0.994. The standard InChI is InChI=1S/C10H21N3O3/c1-7(6-8(11)12-15)13(5)9(14)16-10(2,3)4/h7,15H,6H2,1-5H3,(H2,11,12)/t7-/m1/s1. The number of hydrogen-bond donors (Lipinski definition) is 2. The Kier molecular flexibility index (Phi) is 5.07. The predicted molar refractivity (Wildman–Crippen MR) is 61.5 cm³/mol. The van der Waals surface area contributed by atoms with E-state index < -0.39 is 11.7 Å². The molecule has 0 aromatic carbocycles. The number of carbonyl (C=O) groups excluding carboxylic acids is 1. The molecule has 0 aliphatic heterocycles. The topological polar surface area (TPSA) is 88.2 Å². The Labute approximate surface area is 96.0 Å². The van der Waals surface area contributed by atoms with Gasteiger partial charge in [0.15, 0.2) is 0 Å². The van der Waals surface area contributed by atoms with Crippen molar-refractivity contribution in [1.82, 2.24) is 4.90 Å². The summed E-state index contributed by atoms with van der Waals surface area (Å²) in [5.41, 5.74) is 4.83. The minimum atomic E-state index is -0.526. The third-order valence-corrected chi connectivity index (χ3v) is 1.98. The van der Waals surface area contributed by atoms with Gasteiger partial charge in [-0.25, -0.2) is 4.79 Å². The number of rotatable bonds is 3. The van der Waals surface area contributed by atoms with Gasteiger partial charge in [-0.2, -0.15) is 0 Å². The van der Waals surface area contributed by atoms with E-state index in [9.17, 15) is 4.79 Å². The van der Waals surface area contributed by atoms with Gasteiger partial charge in [0.05, 0.1) is 0 Å². The summed E-state index contributed by atoms with van der Waals surface area (Å²) in [4.78, 5) is 13.1.